The zero-order valence-corrected chi connectivity index (χ0v) is 35.9. The summed E-state index contributed by atoms with van der Waals surface area (Å²) in [7, 11) is -3.13. The summed E-state index contributed by atoms with van der Waals surface area (Å²) in [4.78, 5) is 12.6. The number of benzene rings is 8. The molecule has 0 aliphatic carbocycles. The molecule has 0 saturated heterocycles. The van der Waals surface area contributed by atoms with Crippen molar-refractivity contribution >= 4 is 68.0 Å². The average molecular weight is 836 g/mol. The van der Waals surface area contributed by atoms with Crippen LogP contribution in [0.25, 0.3) is 33.2 Å². The molecule has 0 saturated carbocycles. The minimum Gasteiger partial charge on any atom is -0.456 e. The normalized spacial score (nSPS) is 13.1. The van der Waals surface area contributed by atoms with Gasteiger partial charge < -0.3 is 4.42 Å². The largest absolute Gasteiger partial charge is 0.456 e. The van der Waals surface area contributed by atoms with Crippen molar-refractivity contribution in [1.29, 1.82) is 0 Å². The summed E-state index contributed by atoms with van der Waals surface area (Å²) in [5.41, 5.74) is 9.75. The molecule has 3 aromatic heterocycles. The van der Waals surface area contributed by atoms with Crippen molar-refractivity contribution in [2.24, 2.45) is 0 Å². The molecule has 8 aromatic carbocycles. The number of aromatic nitrogens is 2. The van der Waals surface area contributed by atoms with E-state index in [4.69, 9.17) is 14.4 Å². The Hall–Kier alpha value is -8.12. The van der Waals surface area contributed by atoms with E-state index in [0.717, 1.165) is 72.6 Å². The van der Waals surface area contributed by atoms with Crippen LogP contribution in [0.5, 0.6) is 0 Å². The number of hydrogen-bond acceptors (Lipinski definition) is 4. The Bertz CT molecular complexity index is 3370. The average Bonchev–Trinajstić information content (AvgIpc) is 3.76. The van der Waals surface area contributed by atoms with Crippen LogP contribution in [0, 0.1) is 0 Å². The first kappa shape index (κ1) is 37.6. The van der Waals surface area contributed by atoms with Gasteiger partial charge in [0.25, 0.3) is 0 Å². The van der Waals surface area contributed by atoms with Crippen LogP contribution in [-0.4, -0.2) is 18.0 Å². The monoisotopic (exact) mass is 835 g/mol. The molecule has 0 radical (unpaired) electrons. The predicted octanol–water partition coefficient (Wildman–Crippen LogP) is 11.6. The lowest BCUT2D eigenvalue weighted by Crippen LogP contribution is -2.77. The van der Waals surface area contributed by atoms with Crippen molar-refractivity contribution in [2.75, 3.05) is 4.90 Å². The molecule has 0 bridgehead atoms. The highest BCUT2D eigenvalue weighted by atomic mass is 28.3. The number of anilines is 3. The molecule has 64 heavy (non-hydrogen) atoms. The van der Waals surface area contributed by atoms with E-state index in [1.165, 1.54) is 20.7 Å². The lowest BCUT2D eigenvalue weighted by atomic mass is 9.65. The third-order valence-electron chi connectivity index (χ3n) is 13.2. The number of para-hydroxylation sites is 1. The number of pyridine rings is 2. The molecular formula is C59H41N3OSi. The van der Waals surface area contributed by atoms with Gasteiger partial charge >= 0.3 is 0 Å². The van der Waals surface area contributed by atoms with Crippen molar-refractivity contribution in [1.82, 2.24) is 9.97 Å². The zero-order chi connectivity index (χ0) is 42.5. The van der Waals surface area contributed by atoms with E-state index in [1.807, 2.05) is 18.5 Å². The van der Waals surface area contributed by atoms with E-state index >= 15 is 0 Å². The van der Waals surface area contributed by atoms with Crippen LogP contribution < -0.4 is 25.6 Å². The third-order valence-corrected chi connectivity index (χ3v) is 18.0. The fraction of sp³-hybridized carbons (Fsp3) is 0.0169. The number of rotatable bonds is 8. The number of fused-ring (bicyclic) bond motifs is 6. The SMILES string of the molecule is c1ccc(C(c2ccccc2)(c2cccc(-c3ccccn3)c2)c2cccc(N3c4ccc5c(oc6ccccc65)c4[Si](c4ccccc4)(c4ccccc4)c4cccnc43)c2)cc1. The number of nitrogens with zero attached hydrogens (tertiary/aromatic N) is 3. The fourth-order valence-electron chi connectivity index (χ4n) is 10.5. The molecule has 0 fully saturated rings. The van der Waals surface area contributed by atoms with E-state index in [-0.39, 0.29) is 0 Å². The Labute approximate surface area is 373 Å². The second-order valence-electron chi connectivity index (χ2n) is 16.5. The van der Waals surface area contributed by atoms with Crippen LogP contribution in [0.3, 0.4) is 0 Å². The molecule has 302 valence electrons. The van der Waals surface area contributed by atoms with Crippen molar-refractivity contribution in [3.8, 4) is 11.3 Å². The minimum absolute atomic E-state index is 0.718. The highest BCUT2D eigenvalue weighted by Gasteiger charge is 2.52. The van der Waals surface area contributed by atoms with E-state index in [1.54, 1.807) is 0 Å². The molecule has 1 aliphatic rings. The van der Waals surface area contributed by atoms with Gasteiger partial charge in [-0.25, -0.2) is 4.98 Å². The summed E-state index contributed by atoms with van der Waals surface area (Å²) < 4.78 is 7.13. The van der Waals surface area contributed by atoms with Crippen LogP contribution in [0.4, 0.5) is 17.2 Å². The molecular weight excluding hydrogens is 795 g/mol. The third kappa shape index (κ3) is 5.68. The van der Waals surface area contributed by atoms with Crippen molar-refractivity contribution in [2.45, 2.75) is 5.41 Å². The first-order chi connectivity index (χ1) is 31.8. The maximum atomic E-state index is 7.13. The Morgan fingerprint density at radius 3 is 1.72 bits per heavy atom. The smallest absolute Gasteiger partial charge is 0.191 e. The van der Waals surface area contributed by atoms with Gasteiger partial charge in [-0.3, -0.25) is 9.88 Å². The summed E-state index contributed by atoms with van der Waals surface area (Å²) in [6, 6.07) is 85.6. The fourth-order valence-corrected chi connectivity index (χ4v) is 15.7. The second kappa shape index (κ2) is 15.3. The first-order valence-electron chi connectivity index (χ1n) is 21.8. The Kier molecular flexibility index (Phi) is 9.02. The molecule has 1 aliphatic heterocycles. The molecule has 0 spiro atoms. The number of furan rings is 1. The molecule has 0 unspecified atom stereocenters. The summed E-state index contributed by atoms with van der Waals surface area (Å²) in [6.45, 7) is 0. The van der Waals surface area contributed by atoms with E-state index < -0.39 is 13.5 Å². The van der Waals surface area contributed by atoms with Crippen LogP contribution in [0.1, 0.15) is 22.3 Å². The second-order valence-corrected chi connectivity index (χ2v) is 20.1. The zero-order valence-electron chi connectivity index (χ0n) is 34.9. The van der Waals surface area contributed by atoms with Gasteiger partial charge in [-0.05, 0) is 92.4 Å². The van der Waals surface area contributed by atoms with Gasteiger partial charge in [-0.2, -0.15) is 0 Å². The van der Waals surface area contributed by atoms with Crippen LogP contribution >= 0.6 is 0 Å². The number of hydrogen-bond donors (Lipinski definition) is 0. The highest BCUT2D eigenvalue weighted by molar-refractivity contribution is 7.22. The van der Waals surface area contributed by atoms with Gasteiger partial charge in [-0.1, -0.05) is 182 Å². The van der Waals surface area contributed by atoms with E-state index in [9.17, 15) is 0 Å². The maximum absolute atomic E-state index is 7.13. The van der Waals surface area contributed by atoms with E-state index in [2.05, 4.69) is 235 Å². The van der Waals surface area contributed by atoms with Crippen molar-refractivity contribution in [3.05, 3.63) is 271 Å². The van der Waals surface area contributed by atoms with Gasteiger partial charge in [0.15, 0.2) is 8.07 Å². The lowest BCUT2D eigenvalue weighted by molar-refractivity contribution is 0.671. The van der Waals surface area contributed by atoms with Crippen molar-refractivity contribution < 1.29 is 4.42 Å². The Balaban J connectivity index is 1.18. The highest BCUT2D eigenvalue weighted by Crippen LogP contribution is 2.48. The maximum Gasteiger partial charge on any atom is 0.191 e. The molecule has 4 nitrogen and oxygen atoms in total. The standard InChI is InChI=1S/C59H41N3OSi/c1-5-21-43(22-6-1)59(44-23-7-2-8-24-44,45-25-17-20-42(40-45)52-33-15-16-38-60-52)46-26-18-27-47(41-46)62-53-37-36-51-50-32-13-14-34-54(50)63-56(51)57(53)64(48-28-9-3-10-29-48,49-30-11-4-12-31-49)55-35-19-39-61-58(55)62/h1-41H. The first-order valence-corrected chi connectivity index (χ1v) is 23.8. The predicted molar refractivity (Wildman–Crippen MR) is 265 cm³/mol. The van der Waals surface area contributed by atoms with Gasteiger partial charge in [0.05, 0.1) is 16.8 Å². The Morgan fingerprint density at radius 1 is 0.438 bits per heavy atom. The van der Waals surface area contributed by atoms with Crippen LogP contribution in [0.15, 0.2) is 253 Å². The van der Waals surface area contributed by atoms with Crippen LogP contribution in [0.2, 0.25) is 0 Å². The quantitative estimate of drug-likeness (QED) is 0.113. The molecule has 4 heterocycles. The summed E-state index contributed by atoms with van der Waals surface area (Å²) >= 11 is 0. The molecule has 5 heteroatoms. The van der Waals surface area contributed by atoms with Gasteiger partial charge in [0, 0.05) is 39.6 Å². The molecule has 0 amide bonds. The molecule has 11 aromatic rings. The van der Waals surface area contributed by atoms with Crippen LogP contribution in [-0.2, 0) is 5.41 Å². The van der Waals surface area contributed by atoms with Crippen molar-refractivity contribution in [3.63, 3.8) is 0 Å². The van der Waals surface area contributed by atoms with E-state index in [0.29, 0.717) is 0 Å². The van der Waals surface area contributed by atoms with Gasteiger partial charge in [0.2, 0.25) is 0 Å². The summed E-state index contributed by atoms with van der Waals surface area (Å²) in [6.07, 6.45) is 3.80. The minimum atomic E-state index is -3.13. The lowest BCUT2D eigenvalue weighted by Gasteiger charge is -2.44. The van der Waals surface area contributed by atoms with Gasteiger partial charge in [-0.15, -0.1) is 0 Å². The topological polar surface area (TPSA) is 42.2 Å². The molecule has 0 N–H and O–H groups in total. The Morgan fingerprint density at radius 2 is 1.03 bits per heavy atom. The summed E-state index contributed by atoms with van der Waals surface area (Å²) in [5.74, 6) is 0.921. The summed E-state index contributed by atoms with van der Waals surface area (Å²) in [5, 5.41) is 7.19. The molecule has 12 rings (SSSR count). The molecule has 0 atom stereocenters. The van der Waals surface area contributed by atoms with Gasteiger partial charge in [0.1, 0.15) is 17.0 Å².